The monoisotopic (exact) mass is 301 g/mol. The number of amides is 1. The van der Waals surface area contributed by atoms with Crippen LogP contribution in [-0.4, -0.2) is 18.6 Å². The van der Waals surface area contributed by atoms with Gasteiger partial charge in [-0.2, -0.15) is 0 Å². The van der Waals surface area contributed by atoms with Gasteiger partial charge >= 0.3 is 0 Å². The van der Waals surface area contributed by atoms with Crippen LogP contribution in [0.5, 0.6) is 11.5 Å². The molecule has 0 saturated heterocycles. The van der Waals surface area contributed by atoms with Crippen molar-refractivity contribution >= 4 is 11.6 Å². The maximum atomic E-state index is 12.4. The maximum Gasteiger partial charge on any atom is 0.227 e. The van der Waals surface area contributed by atoms with Gasteiger partial charge in [-0.25, -0.2) is 0 Å². The molecule has 1 heterocycles. The molecule has 4 heteroatoms. The third-order valence-electron chi connectivity index (χ3n) is 4.20. The fourth-order valence-electron chi connectivity index (χ4n) is 3.08. The van der Waals surface area contributed by atoms with E-state index in [0.717, 1.165) is 42.7 Å². The topological polar surface area (TPSA) is 47.6 Å². The van der Waals surface area contributed by atoms with Gasteiger partial charge in [-0.1, -0.05) is 12.2 Å². The lowest BCUT2D eigenvalue weighted by molar-refractivity contribution is -0.120. The van der Waals surface area contributed by atoms with Gasteiger partial charge in [0.25, 0.3) is 0 Å². The molecule has 2 atom stereocenters. The molecule has 1 aliphatic heterocycles. The molecule has 2 aliphatic rings. The smallest absolute Gasteiger partial charge is 0.227 e. The molecule has 0 saturated carbocycles. The van der Waals surface area contributed by atoms with Crippen molar-refractivity contribution in [3.8, 4) is 11.5 Å². The summed E-state index contributed by atoms with van der Waals surface area (Å²) in [6.45, 7) is 4.57. The Labute approximate surface area is 131 Å². The standard InChI is InChI=1S/C18H23NO3/c1-3-21-17-10-14-9-12(2)22-16(14)11-15(17)19-18(20)13-7-5-4-6-8-13/h4-5,10-13H,3,6-9H2,1-2H3,(H,19,20)/t12-,13-/m0/s1. The molecule has 0 fully saturated rings. The number of allylic oxidation sites excluding steroid dienone is 2. The highest BCUT2D eigenvalue weighted by molar-refractivity contribution is 5.94. The average molecular weight is 301 g/mol. The molecule has 4 nitrogen and oxygen atoms in total. The summed E-state index contributed by atoms with van der Waals surface area (Å²) in [5, 5.41) is 3.03. The van der Waals surface area contributed by atoms with Gasteiger partial charge in [0.05, 0.1) is 12.3 Å². The number of hydrogen-bond acceptors (Lipinski definition) is 3. The highest BCUT2D eigenvalue weighted by atomic mass is 16.5. The van der Waals surface area contributed by atoms with Crippen LogP contribution < -0.4 is 14.8 Å². The Hall–Kier alpha value is -1.97. The number of rotatable bonds is 4. The van der Waals surface area contributed by atoms with E-state index in [9.17, 15) is 4.79 Å². The van der Waals surface area contributed by atoms with Crippen LogP contribution in [0, 0.1) is 5.92 Å². The molecule has 3 rings (SSSR count). The van der Waals surface area contributed by atoms with Crippen LogP contribution in [0.3, 0.4) is 0 Å². The van der Waals surface area contributed by atoms with Crippen LogP contribution in [0.15, 0.2) is 24.3 Å². The Bertz CT molecular complexity index is 594. The second kappa shape index (κ2) is 6.42. The quantitative estimate of drug-likeness (QED) is 0.863. The van der Waals surface area contributed by atoms with Gasteiger partial charge in [0.1, 0.15) is 17.6 Å². The van der Waals surface area contributed by atoms with Crippen molar-refractivity contribution in [2.24, 2.45) is 5.92 Å². The predicted molar refractivity (Wildman–Crippen MR) is 86.5 cm³/mol. The molecule has 0 unspecified atom stereocenters. The summed E-state index contributed by atoms with van der Waals surface area (Å²) in [7, 11) is 0. The summed E-state index contributed by atoms with van der Waals surface area (Å²) >= 11 is 0. The van der Waals surface area contributed by atoms with E-state index in [4.69, 9.17) is 9.47 Å². The number of carbonyl (C=O) groups excluding carboxylic acids is 1. The molecule has 0 aromatic heterocycles. The highest BCUT2D eigenvalue weighted by Gasteiger charge is 2.24. The normalized spacial score (nSPS) is 22.8. The molecule has 1 aliphatic carbocycles. The molecule has 1 amide bonds. The number of nitrogens with one attached hydrogen (secondary N) is 1. The Morgan fingerprint density at radius 2 is 2.27 bits per heavy atom. The molecule has 22 heavy (non-hydrogen) atoms. The predicted octanol–water partition coefficient (Wildman–Crippen LogP) is 3.70. The summed E-state index contributed by atoms with van der Waals surface area (Å²) in [5.74, 6) is 1.71. The molecular formula is C18H23NO3. The molecule has 1 aromatic carbocycles. The Morgan fingerprint density at radius 1 is 1.41 bits per heavy atom. The van der Waals surface area contributed by atoms with Gasteiger partial charge in [0.15, 0.2) is 0 Å². The fraction of sp³-hybridized carbons (Fsp3) is 0.500. The van der Waals surface area contributed by atoms with Gasteiger partial charge < -0.3 is 14.8 Å². The maximum absolute atomic E-state index is 12.4. The number of hydrogen-bond donors (Lipinski definition) is 1. The number of benzene rings is 1. The Balaban J connectivity index is 1.81. The first-order valence-corrected chi connectivity index (χ1v) is 8.09. The Kier molecular flexibility index (Phi) is 4.36. The lowest BCUT2D eigenvalue weighted by Crippen LogP contribution is -2.23. The highest BCUT2D eigenvalue weighted by Crippen LogP contribution is 2.38. The molecular weight excluding hydrogens is 278 g/mol. The minimum atomic E-state index is 0.0487. The zero-order valence-electron chi connectivity index (χ0n) is 13.2. The molecule has 0 radical (unpaired) electrons. The van der Waals surface area contributed by atoms with E-state index in [2.05, 4.69) is 17.5 Å². The van der Waals surface area contributed by atoms with E-state index in [1.54, 1.807) is 0 Å². The fourth-order valence-corrected chi connectivity index (χ4v) is 3.08. The van der Waals surface area contributed by atoms with Gasteiger partial charge in [0, 0.05) is 24.0 Å². The number of carbonyl (C=O) groups is 1. The summed E-state index contributed by atoms with van der Waals surface area (Å²) < 4.78 is 11.5. The van der Waals surface area contributed by atoms with Crippen LogP contribution in [0.25, 0.3) is 0 Å². The van der Waals surface area contributed by atoms with Crippen molar-refractivity contribution in [2.75, 3.05) is 11.9 Å². The van der Waals surface area contributed by atoms with Crippen molar-refractivity contribution in [3.05, 3.63) is 29.8 Å². The van der Waals surface area contributed by atoms with E-state index in [1.807, 2.05) is 26.0 Å². The van der Waals surface area contributed by atoms with Crippen LogP contribution in [-0.2, 0) is 11.2 Å². The van der Waals surface area contributed by atoms with E-state index >= 15 is 0 Å². The van der Waals surface area contributed by atoms with Crippen LogP contribution in [0.1, 0.15) is 38.7 Å². The van der Waals surface area contributed by atoms with E-state index in [-0.39, 0.29) is 17.9 Å². The van der Waals surface area contributed by atoms with Crippen molar-refractivity contribution in [3.63, 3.8) is 0 Å². The molecule has 0 spiro atoms. The summed E-state index contributed by atoms with van der Waals surface area (Å²) in [6, 6.07) is 3.90. The zero-order chi connectivity index (χ0) is 15.5. The van der Waals surface area contributed by atoms with Crippen molar-refractivity contribution < 1.29 is 14.3 Å². The molecule has 1 aromatic rings. The summed E-state index contributed by atoms with van der Waals surface area (Å²) in [4.78, 5) is 12.4. The molecule has 0 bridgehead atoms. The zero-order valence-corrected chi connectivity index (χ0v) is 13.2. The van der Waals surface area contributed by atoms with Crippen LogP contribution >= 0.6 is 0 Å². The van der Waals surface area contributed by atoms with Crippen LogP contribution in [0.4, 0.5) is 5.69 Å². The van der Waals surface area contributed by atoms with Crippen molar-refractivity contribution in [1.29, 1.82) is 0 Å². The van der Waals surface area contributed by atoms with Gasteiger partial charge in [-0.3, -0.25) is 4.79 Å². The largest absolute Gasteiger partial charge is 0.492 e. The van der Waals surface area contributed by atoms with E-state index < -0.39 is 0 Å². The first kappa shape index (κ1) is 14.9. The van der Waals surface area contributed by atoms with Gasteiger partial charge in [-0.15, -0.1) is 0 Å². The second-order valence-corrected chi connectivity index (χ2v) is 5.99. The van der Waals surface area contributed by atoms with Gasteiger partial charge in [-0.05, 0) is 39.2 Å². The lowest BCUT2D eigenvalue weighted by Gasteiger charge is -2.19. The minimum Gasteiger partial charge on any atom is -0.492 e. The third-order valence-corrected chi connectivity index (χ3v) is 4.20. The third kappa shape index (κ3) is 3.11. The first-order valence-electron chi connectivity index (χ1n) is 8.09. The lowest BCUT2D eigenvalue weighted by atomic mass is 9.93. The van der Waals surface area contributed by atoms with E-state index in [1.165, 1.54) is 0 Å². The van der Waals surface area contributed by atoms with Crippen LogP contribution in [0.2, 0.25) is 0 Å². The summed E-state index contributed by atoms with van der Waals surface area (Å²) in [6.07, 6.45) is 7.99. The van der Waals surface area contributed by atoms with Crippen molar-refractivity contribution in [2.45, 2.75) is 45.6 Å². The molecule has 118 valence electrons. The number of fused-ring (bicyclic) bond motifs is 1. The number of ether oxygens (including phenoxy) is 2. The average Bonchev–Trinajstić information content (AvgIpc) is 2.87. The first-order chi connectivity index (χ1) is 10.7. The van der Waals surface area contributed by atoms with Gasteiger partial charge in [0.2, 0.25) is 5.91 Å². The summed E-state index contributed by atoms with van der Waals surface area (Å²) in [5.41, 5.74) is 1.86. The minimum absolute atomic E-state index is 0.0487. The molecule has 1 N–H and O–H groups in total. The van der Waals surface area contributed by atoms with Crippen molar-refractivity contribution in [1.82, 2.24) is 0 Å². The SMILES string of the molecule is CCOc1cc2c(cc1NC(=O)[C@H]1CC=CCC1)O[C@@H](C)C2. The second-order valence-electron chi connectivity index (χ2n) is 5.99. The van der Waals surface area contributed by atoms with E-state index in [0.29, 0.717) is 12.3 Å². The number of anilines is 1. The Morgan fingerprint density at radius 3 is 3.00 bits per heavy atom.